The average molecular weight is 291 g/mol. The summed E-state index contributed by atoms with van der Waals surface area (Å²) in [6.45, 7) is 0.501. The largest absolute Gasteiger partial charge is 0.464 e. The van der Waals surface area contributed by atoms with Gasteiger partial charge >= 0.3 is 5.97 Å². The van der Waals surface area contributed by atoms with Crippen LogP contribution in [0.1, 0.15) is 5.56 Å². The van der Waals surface area contributed by atoms with Crippen LogP contribution >= 0.6 is 35.1 Å². The molecule has 1 rings (SSSR count). The number of hydrogen-bond acceptors (Lipinski definition) is 4. The Bertz CT molecular complexity index is 341. The molecule has 0 fully saturated rings. The lowest BCUT2D eigenvalue weighted by Crippen LogP contribution is -2.09. The molecule has 0 saturated heterocycles. The van der Waals surface area contributed by atoms with Crippen LogP contribution in [0.15, 0.2) is 24.3 Å². The first-order chi connectivity index (χ1) is 8.22. The highest BCUT2D eigenvalue weighted by atomic mass is 35.5. The summed E-state index contributed by atoms with van der Waals surface area (Å²) in [4.78, 5) is 11.3. The molecule has 2 nitrogen and oxygen atoms in total. The van der Waals surface area contributed by atoms with Gasteiger partial charge in [-0.05, 0) is 24.0 Å². The molecule has 0 heterocycles. The van der Waals surface area contributed by atoms with Gasteiger partial charge in [-0.25, -0.2) is 0 Å². The maximum Gasteiger partial charge on any atom is 0.315 e. The molecule has 5 heteroatoms. The van der Waals surface area contributed by atoms with E-state index in [-0.39, 0.29) is 5.97 Å². The summed E-state index contributed by atoms with van der Waals surface area (Å²) in [5, 5.41) is 0.732. The number of carbonyl (C=O) groups excluding carboxylic acids is 1. The molecule has 0 atom stereocenters. The number of esters is 1. The number of benzene rings is 1. The van der Waals surface area contributed by atoms with E-state index in [0.29, 0.717) is 12.4 Å². The second-order valence-corrected chi connectivity index (χ2v) is 5.74. The van der Waals surface area contributed by atoms with E-state index in [1.165, 1.54) is 0 Å². The van der Waals surface area contributed by atoms with Crippen LogP contribution in [0.2, 0.25) is 5.02 Å². The first-order valence-electron chi connectivity index (χ1n) is 5.19. The first-order valence-corrected chi connectivity index (χ1v) is 8.12. The molecule has 1 aromatic rings. The molecule has 0 unspecified atom stereocenters. The van der Waals surface area contributed by atoms with Crippen molar-refractivity contribution in [3.63, 3.8) is 0 Å². The number of thioether (sulfide) groups is 2. The van der Waals surface area contributed by atoms with Crippen molar-refractivity contribution in [1.82, 2.24) is 0 Å². The zero-order chi connectivity index (χ0) is 12.5. The highest BCUT2D eigenvalue weighted by Crippen LogP contribution is 2.15. The Morgan fingerprint density at radius 3 is 2.71 bits per heavy atom. The third-order valence-electron chi connectivity index (χ3n) is 1.95. The molecule has 0 radical (unpaired) electrons. The Kier molecular flexibility index (Phi) is 7.56. The summed E-state index contributed by atoms with van der Waals surface area (Å²) in [5.74, 6) is 1.91. The molecule has 0 saturated carbocycles. The van der Waals surface area contributed by atoms with Gasteiger partial charge in [0.15, 0.2) is 0 Å². The Hall–Kier alpha value is -0.320. The van der Waals surface area contributed by atoms with Crippen molar-refractivity contribution < 1.29 is 9.53 Å². The molecule has 94 valence electrons. The maximum atomic E-state index is 11.3. The minimum absolute atomic E-state index is 0.141. The van der Waals surface area contributed by atoms with Crippen LogP contribution in [0, 0.1) is 0 Å². The number of rotatable bonds is 7. The van der Waals surface area contributed by atoms with E-state index in [0.717, 1.165) is 22.1 Å². The number of carbonyl (C=O) groups is 1. The predicted octanol–water partition coefficient (Wildman–Crippen LogP) is 3.48. The lowest BCUT2D eigenvalue weighted by atomic mass is 10.2. The lowest BCUT2D eigenvalue weighted by Gasteiger charge is -2.04. The molecule has 1 aromatic carbocycles. The van der Waals surface area contributed by atoms with Gasteiger partial charge < -0.3 is 4.74 Å². The van der Waals surface area contributed by atoms with E-state index in [1.807, 2.05) is 30.5 Å². The zero-order valence-electron chi connectivity index (χ0n) is 9.65. The van der Waals surface area contributed by atoms with Crippen molar-refractivity contribution >= 4 is 41.1 Å². The minimum atomic E-state index is -0.141. The van der Waals surface area contributed by atoms with Crippen molar-refractivity contribution in [2.24, 2.45) is 0 Å². The van der Waals surface area contributed by atoms with Gasteiger partial charge in [0.1, 0.15) is 6.61 Å². The molecule has 17 heavy (non-hydrogen) atoms. The van der Waals surface area contributed by atoms with Crippen LogP contribution in [0.25, 0.3) is 0 Å². The molecule has 0 bridgehead atoms. The second kappa shape index (κ2) is 8.72. The summed E-state index contributed by atoms with van der Waals surface area (Å²) in [5.41, 5.74) is 1.16. The van der Waals surface area contributed by atoms with Crippen LogP contribution in [0.4, 0.5) is 0 Å². The van der Waals surface area contributed by atoms with Crippen LogP contribution in [0.5, 0.6) is 0 Å². The van der Waals surface area contributed by atoms with Gasteiger partial charge in [0.25, 0.3) is 0 Å². The topological polar surface area (TPSA) is 26.3 Å². The van der Waals surface area contributed by atoms with Crippen LogP contribution in [-0.4, -0.2) is 30.3 Å². The third-order valence-corrected chi connectivity index (χ3v) is 3.76. The lowest BCUT2D eigenvalue weighted by molar-refractivity contribution is -0.139. The smallest absolute Gasteiger partial charge is 0.315 e. The Balaban J connectivity index is 2.14. The molecule has 0 spiro atoms. The molecular formula is C12H15ClO2S2. The monoisotopic (exact) mass is 290 g/mol. The molecule has 0 amide bonds. The van der Waals surface area contributed by atoms with Crippen molar-refractivity contribution in [2.45, 2.75) is 5.75 Å². The fourth-order valence-electron chi connectivity index (χ4n) is 1.11. The summed E-state index contributed by atoms with van der Waals surface area (Å²) in [6, 6.07) is 7.64. The molecule has 0 aliphatic rings. The van der Waals surface area contributed by atoms with E-state index < -0.39 is 0 Å². The van der Waals surface area contributed by atoms with Gasteiger partial charge in [-0.3, -0.25) is 4.79 Å². The minimum Gasteiger partial charge on any atom is -0.464 e. The summed E-state index contributed by atoms with van der Waals surface area (Å²) in [7, 11) is 0. The standard InChI is InChI=1S/C12H15ClO2S2/c1-16-7-6-15-12(14)9-17-8-10-2-4-11(13)5-3-10/h2-5H,6-9H2,1H3. The molecule has 0 aromatic heterocycles. The molecule has 0 aliphatic heterocycles. The zero-order valence-corrected chi connectivity index (χ0v) is 12.0. The predicted molar refractivity (Wildman–Crippen MR) is 77.0 cm³/mol. The highest BCUT2D eigenvalue weighted by Gasteiger charge is 2.03. The normalized spacial score (nSPS) is 10.2. The van der Waals surface area contributed by atoms with Crippen LogP contribution < -0.4 is 0 Å². The Morgan fingerprint density at radius 2 is 2.06 bits per heavy atom. The number of hydrogen-bond donors (Lipinski definition) is 0. The van der Waals surface area contributed by atoms with E-state index in [1.54, 1.807) is 23.5 Å². The quantitative estimate of drug-likeness (QED) is 0.567. The first kappa shape index (κ1) is 14.7. The fourth-order valence-corrected chi connectivity index (χ4v) is 2.27. The van der Waals surface area contributed by atoms with Gasteiger partial charge in [-0.15, -0.1) is 11.8 Å². The van der Waals surface area contributed by atoms with Crippen molar-refractivity contribution in [1.29, 1.82) is 0 Å². The van der Waals surface area contributed by atoms with Crippen LogP contribution in [-0.2, 0) is 15.3 Å². The Morgan fingerprint density at radius 1 is 1.35 bits per heavy atom. The van der Waals surface area contributed by atoms with Gasteiger partial charge in [-0.1, -0.05) is 23.7 Å². The van der Waals surface area contributed by atoms with Crippen molar-refractivity contribution in [3.8, 4) is 0 Å². The summed E-state index contributed by atoms with van der Waals surface area (Å²) in [6.07, 6.45) is 1.99. The SMILES string of the molecule is CSCCOC(=O)CSCc1ccc(Cl)cc1. The van der Waals surface area contributed by atoms with E-state index in [2.05, 4.69) is 0 Å². The van der Waals surface area contributed by atoms with Crippen LogP contribution in [0.3, 0.4) is 0 Å². The third kappa shape index (κ3) is 6.86. The van der Waals surface area contributed by atoms with E-state index in [9.17, 15) is 4.79 Å². The van der Waals surface area contributed by atoms with Crippen molar-refractivity contribution in [3.05, 3.63) is 34.9 Å². The maximum absolute atomic E-state index is 11.3. The number of halogens is 1. The molecule has 0 N–H and O–H groups in total. The summed E-state index contributed by atoms with van der Waals surface area (Å²) < 4.78 is 5.04. The van der Waals surface area contributed by atoms with E-state index in [4.69, 9.17) is 16.3 Å². The van der Waals surface area contributed by atoms with Gasteiger partial charge in [0, 0.05) is 16.5 Å². The van der Waals surface area contributed by atoms with E-state index >= 15 is 0 Å². The van der Waals surface area contributed by atoms with Gasteiger partial charge in [-0.2, -0.15) is 11.8 Å². The molecular weight excluding hydrogens is 276 g/mol. The second-order valence-electron chi connectivity index (χ2n) is 3.33. The summed E-state index contributed by atoms with van der Waals surface area (Å²) >= 11 is 9.01. The van der Waals surface area contributed by atoms with Gasteiger partial charge in [0.2, 0.25) is 0 Å². The average Bonchev–Trinajstić information content (AvgIpc) is 2.32. The van der Waals surface area contributed by atoms with Gasteiger partial charge in [0.05, 0.1) is 5.75 Å². The fraction of sp³-hybridized carbons (Fsp3) is 0.417. The highest BCUT2D eigenvalue weighted by molar-refractivity contribution is 7.99. The molecule has 0 aliphatic carbocycles. The number of ether oxygens (including phenoxy) is 1. The Labute approximate surface area is 115 Å². The van der Waals surface area contributed by atoms with Crippen molar-refractivity contribution in [2.75, 3.05) is 24.4 Å².